The normalized spacial score (nSPS) is 17.0. The maximum Gasteiger partial charge on any atom is 0.547 e. The van der Waals surface area contributed by atoms with Crippen molar-refractivity contribution in [2.75, 3.05) is 26.2 Å². The van der Waals surface area contributed by atoms with E-state index in [1.54, 1.807) is 0 Å². The zero-order chi connectivity index (χ0) is 33.3. The minimum atomic E-state index is -2.17. The van der Waals surface area contributed by atoms with Crippen LogP contribution in [0.4, 0.5) is 13.6 Å². The average Bonchev–Trinajstić information content (AvgIpc) is 2.97. The van der Waals surface area contributed by atoms with Crippen molar-refractivity contribution >= 4 is 60.0 Å². The van der Waals surface area contributed by atoms with E-state index in [0.717, 1.165) is 6.07 Å². The molecule has 45 heavy (non-hydrogen) atoms. The quantitative estimate of drug-likeness (QED) is 0.114. The van der Waals surface area contributed by atoms with E-state index in [9.17, 15) is 48.7 Å². The van der Waals surface area contributed by atoms with Crippen LogP contribution in [0.5, 0.6) is 17.2 Å². The number of hydrogen-bond donors (Lipinski definition) is 7. The number of nitrogens with one attached hydrogen (secondary N) is 2. The number of nitrogens with zero attached hydrogens (tertiary/aromatic N) is 2. The number of phenols is 2. The zero-order valence-electron chi connectivity index (χ0n) is 22.9. The van der Waals surface area contributed by atoms with Crippen molar-refractivity contribution < 1.29 is 57.8 Å². The van der Waals surface area contributed by atoms with Gasteiger partial charge in [-0.3, -0.25) is 19.3 Å². The molecule has 2 atom stereocenters. The third-order valence-corrected chi connectivity index (χ3v) is 7.68. The monoisotopic (exact) mass is 673 g/mol. The number of urea groups is 1. The number of rotatable bonds is 8. The predicted molar refractivity (Wildman–Crippen MR) is 151 cm³/mol. The maximum atomic E-state index is 15.1. The number of carboxylic acid groups (broad SMARTS) is 1. The molecule has 5 amide bonds. The molecule has 1 unspecified atom stereocenters. The van der Waals surface area contributed by atoms with E-state index in [-0.39, 0.29) is 31.7 Å². The van der Waals surface area contributed by atoms with Crippen LogP contribution in [0.3, 0.4) is 0 Å². The Labute approximate surface area is 262 Å². The third kappa shape index (κ3) is 6.53. The lowest BCUT2D eigenvalue weighted by atomic mass is 9.72. The first-order valence-electron chi connectivity index (χ1n) is 13.1. The molecule has 2 aliphatic heterocycles. The van der Waals surface area contributed by atoms with Crippen LogP contribution in [0.2, 0.25) is 10.0 Å². The highest BCUT2D eigenvalue weighted by Gasteiger charge is 2.43. The summed E-state index contributed by atoms with van der Waals surface area (Å²) in [6.45, 7) is -0.00432. The van der Waals surface area contributed by atoms with Gasteiger partial charge < -0.3 is 46.3 Å². The summed E-state index contributed by atoms with van der Waals surface area (Å²) in [6, 6.07) is -2.11. The molecule has 0 saturated carbocycles. The van der Waals surface area contributed by atoms with Crippen LogP contribution in [-0.4, -0.2) is 99.1 Å². The Bertz CT molecular complexity index is 1600. The van der Waals surface area contributed by atoms with Gasteiger partial charge in [-0.15, -0.1) is 0 Å². The van der Waals surface area contributed by atoms with Crippen molar-refractivity contribution in [3.63, 3.8) is 0 Å². The molecule has 4 rings (SSSR count). The van der Waals surface area contributed by atoms with Crippen LogP contribution in [-0.2, 0) is 20.8 Å². The molecule has 0 aromatic heterocycles. The van der Waals surface area contributed by atoms with Gasteiger partial charge in [0.05, 0.1) is 16.0 Å². The summed E-state index contributed by atoms with van der Waals surface area (Å²) in [5.74, 6) is -12.1. The van der Waals surface area contributed by atoms with E-state index in [2.05, 4.69) is 10.6 Å². The zero-order valence-corrected chi connectivity index (χ0v) is 24.4. The minimum Gasteiger partial charge on any atom is -0.534 e. The summed E-state index contributed by atoms with van der Waals surface area (Å²) in [6.07, 6.45) is -0.0203. The standard InChI is InChI=1S/C25H24BCl2F2N5O10/c27-10-6-9-7-13(26(44)45-20(9)15(17(10)30)24(41)42)32-21(38)18(14-11(29)8-12(36)19(37)16(14)28)33-25(43)35-5-4-34(3-1-2-31)22(39)23(35)40/h6,8,13,18,36-37,44H,1-5,7,31H2,(H,32,38)(H,33,43)(H,41,42)/t13-,18?/m0/s1. The molecule has 2 aliphatic rings. The van der Waals surface area contributed by atoms with E-state index in [4.69, 9.17) is 33.6 Å². The van der Waals surface area contributed by atoms with E-state index < -0.39 is 105 Å². The van der Waals surface area contributed by atoms with Crippen LogP contribution in [0.25, 0.3) is 0 Å². The fraction of sp³-hybridized carbons (Fsp3) is 0.320. The van der Waals surface area contributed by atoms with Crippen LogP contribution in [0.1, 0.15) is 33.9 Å². The molecule has 8 N–H and O–H groups in total. The van der Waals surface area contributed by atoms with E-state index in [1.165, 1.54) is 4.90 Å². The number of carbonyl (C=O) groups excluding carboxylic acids is 4. The van der Waals surface area contributed by atoms with Gasteiger partial charge in [0.2, 0.25) is 5.91 Å². The Morgan fingerprint density at radius 1 is 1.16 bits per heavy atom. The van der Waals surface area contributed by atoms with Crippen molar-refractivity contribution in [1.82, 2.24) is 20.4 Å². The summed E-state index contributed by atoms with van der Waals surface area (Å²) in [5, 5.41) is 42.7. The highest BCUT2D eigenvalue weighted by atomic mass is 35.5. The Balaban J connectivity index is 1.64. The van der Waals surface area contributed by atoms with Crippen LogP contribution in [0.15, 0.2) is 12.1 Å². The van der Waals surface area contributed by atoms with Gasteiger partial charge in [-0.1, -0.05) is 23.2 Å². The second-order valence-corrected chi connectivity index (χ2v) is 10.7. The minimum absolute atomic E-state index is 0.0434. The number of aromatic hydroxyl groups is 2. The first-order chi connectivity index (χ1) is 21.2. The molecule has 0 radical (unpaired) electrons. The molecular formula is C25H24BCl2F2N5O10. The van der Waals surface area contributed by atoms with Gasteiger partial charge in [-0.25, -0.2) is 18.4 Å². The number of carboxylic acids is 1. The van der Waals surface area contributed by atoms with Crippen LogP contribution < -0.4 is 21.0 Å². The molecule has 1 fully saturated rings. The highest BCUT2D eigenvalue weighted by Crippen LogP contribution is 2.41. The third-order valence-electron chi connectivity index (χ3n) is 7.03. The number of fused-ring (bicyclic) bond motifs is 1. The summed E-state index contributed by atoms with van der Waals surface area (Å²) in [5.41, 5.74) is 3.55. The van der Waals surface area contributed by atoms with Gasteiger partial charge >= 0.3 is 30.9 Å². The number of piperazine rings is 1. The summed E-state index contributed by atoms with van der Waals surface area (Å²) in [7, 11) is -2.01. The largest absolute Gasteiger partial charge is 0.547 e. The Hall–Kier alpha value is -4.39. The van der Waals surface area contributed by atoms with Crippen molar-refractivity contribution in [2.24, 2.45) is 5.73 Å². The first-order valence-corrected chi connectivity index (χ1v) is 13.8. The average molecular weight is 674 g/mol. The second kappa shape index (κ2) is 13.3. The van der Waals surface area contributed by atoms with Crippen LogP contribution in [0, 0.1) is 11.6 Å². The van der Waals surface area contributed by atoms with Gasteiger partial charge in [-0.05, 0) is 31.0 Å². The maximum absolute atomic E-state index is 15.1. The van der Waals surface area contributed by atoms with Crippen molar-refractivity contribution in [2.45, 2.75) is 24.8 Å². The molecule has 20 heteroatoms. The SMILES string of the molecule is NCCCN1CCN(C(=O)NC(C(=O)N[C@H]2Cc3cc(Cl)c(F)c(C(=O)O)c3OB2O)c2c(F)cc(O)c(O)c2Cl)C(=O)C1=O. The molecule has 0 spiro atoms. The molecule has 2 aromatic carbocycles. The van der Waals surface area contributed by atoms with Crippen molar-refractivity contribution in [3.8, 4) is 17.2 Å². The number of carbonyl (C=O) groups is 5. The topological polar surface area (TPSA) is 232 Å². The fourth-order valence-corrected chi connectivity index (χ4v) is 5.30. The Morgan fingerprint density at radius 3 is 2.49 bits per heavy atom. The number of hydrogen-bond acceptors (Lipinski definition) is 10. The van der Waals surface area contributed by atoms with Crippen molar-refractivity contribution in [3.05, 3.63) is 50.5 Å². The molecule has 1 saturated heterocycles. The van der Waals surface area contributed by atoms with E-state index >= 15 is 4.39 Å². The van der Waals surface area contributed by atoms with Gasteiger partial charge in [0, 0.05) is 31.3 Å². The molecular weight excluding hydrogens is 650 g/mol. The fourth-order valence-electron chi connectivity index (χ4n) is 4.78. The molecule has 240 valence electrons. The molecule has 2 aromatic rings. The lowest BCUT2D eigenvalue weighted by molar-refractivity contribution is -0.153. The smallest absolute Gasteiger partial charge is 0.534 e. The number of benzene rings is 2. The van der Waals surface area contributed by atoms with Crippen LogP contribution >= 0.6 is 23.2 Å². The molecule has 0 aliphatic carbocycles. The second-order valence-electron chi connectivity index (χ2n) is 9.90. The number of aromatic carboxylic acids is 1. The van der Waals surface area contributed by atoms with E-state index in [1.807, 2.05) is 0 Å². The lowest BCUT2D eigenvalue weighted by Gasteiger charge is -2.34. The molecule has 0 bridgehead atoms. The van der Waals surface area contributed by atoms with Gasteiger partial charge in [0.15, 0.2) is 17.3 Å². The van der Waals surface area contributed by atoms with Gasteiger partial charge in [0.1, 0.15) is 23.2 Å². The summed E-state index contributed by atoms with van der Waals surface area (Å²) >= 11 is 11.8. The number of phenolic OH excluding ortho intramolecular Hbond substituents is 2. The van der Waals surface area contributed by atoms with E-state index in [0.29, 0.717) is 17.4 Å². The first kappa shape index (κ1) is 33.5. The van der Waals surface area contributed by atoms with Gasteiger partial charge in [0.25, 0.3) is 0 Å². The summed E-state index contributed by atoms with van der Waals surface area (Å²) in [4.78, 5) is 65.2. The number of amides is 5. The Kier molecular flexibility index (Phi) is 9.91. The highest BCUT2D eigenvalue weighted by molar-refractivity contribution is 6.47. The molecule has 2 heterocycles. The van der Waals surface area contributed by atoms with Crippen molar-refractivity contribution in [1.29, 1.82) is 0 Å². The lowest BCUT2D eigenvalue weighted by Crippen LogP contribution is -2.60. The summed E-state index contributed by atoms with van der Waals surface area (Å²) < 4.78 is 34.7. The molecule has 15 nitrogen and oxygen atoms in total. The predicted octanol–water partition coefficient (Wildman–Crippen LogP) is 0.291. The number of imide groups is 1. The number of halogens is 4. The Morgan fingerprint density at radius 2 is 1.84 bits per heavy atom. The number of nitrogens with two attached hydrogens (primary N) is 1. The van der Waals surface area contributed by atoms with Gasteiger partial charge in [-0.2, -0.15) is 0 Å².